The summed E-state index contributed by atoms with van der Waals surface area (Å²) < 4.78 is 13.8. The molecular weight excluding hydrogens is 247 g/mol. The molecule has 1 amide bonds. The average molecular weight is 268 g/mol. The zero-order chi connectivity index (χ0) is 14.4. The van der Waals surface area contributed by atoms with Crippen LogP contribution in [-0.4, -0.2) is 17.2 Å². The summed E-state index contributed by atoms with van der Waals surface area (Å²) in [6, 6.07) is 2.85. The molecule has 0 bridgehead atoms. The second-order valence-electron chi connectivity index (χ2n) is 4.68. The van der Waals surface area contributed by atoms with Crippen molar-refractivity contribution in [3.05, 3.63) is 29.1 Å². The molecule has 1 aromatic carbocycles. The standard InChI is InChI=1S/C14H21FN2O2/c1-4-5-6-12(14(18)17-19)16-11-8-7-9(2)13(15)10(11)3/h7-8,12,16,19H,4-6H2,1-3H3,(H,17,18). The summed E-state index contributed by atoms with van der Waals surface area (Å²) in [4.78, 5) is 11.6. The van der Waals surface area contributed by atoms with Crippen LogP contribution >= 0.6 is 0 Å². The molecule has 0 fully saturated rings. The normalized spacial score (nSPS) is 12.1. The number of carbonyl (C=O) groups excluding carboxylic acids is 1. The van der Waals surface area contributed by atoms with Crippen molar-refractivity contribution in [2.24, 2.45) is 0 Å². The molecule has 1 rings (SSSR count). The number of anilines is 1. The van der Waals surface area contributed by atoms with E-state index in [-0.39, 0.29) is 5.82 Å². The van der Waals surface area contributed by atoms with E-state index in [0.29, 0.717) is 23.2 Å². The Kier molecular flexibility index (Phi) is 5.76. The highest BCUT2D eigenvalue weighted by atomic mass is 19.1. The number of hydroxylamine groups is 1. The van der Waals surface area contributed by atoms with E-state index in [0.717, 1.165) is 12.8 Å². The second-order valence-corrected chi connectivity index (χ2v) is 4.68. The molecule has 5 heteroatoms. The van der Waals surface area contributed by atoms with Crippen molar-refractivity contribution in [3.63, 3.8) is 0 Å². The van der Waals surface area contributed by atoms with E-state index in [1.165, 1.54) is 0 Å². The summed E-state index contributed by atoms with van der Waals surface area (Å²) >= 11 is 0. The third-order valence-electron chi connectivity index (χ3n) is 3.18. The minimum absolute atomic E-state index is 0.274. The first-order valence-corrected chi connectivity index (χ1v) is 6.47. The maximum Gasteiger partial charge on any atom is 0.265 e. The SMILES string of the molecule is CCCCC(Nc1ccc(C)c(F)c1C)C(=O)NO. The molecule has 106 valence electrons. The summed E-state index contributed by atoms with van der Waals surface area (Å²) in [7, 11) is 0. The highest BCUT2D eigenvalue weighted by Gasteiger charge is 2.18. The molecule has 1 aromatic rings. The number of hydrogen-bond acceptors (Lipinski definition) is 3. The van der Waals surface area contributed by atoms with Crippen LogP contribution in [0.25, 0.3) is 0 Å². The number of amides is 1. The van der Waals surface area contributed by atoms with Crippen molar-refractivity contribution in [2.75, 3.05) is 5.32 Å². The Bertz CT molecular complexity index is 449. The number of nitrogens with one attached hydrogen (secondary N) is 2. The van der Waals surface area contributed by atoms with Gasteiger partial charge in [-0.25, -0.2) is 9.87 Å². The van der Waals surface area contributed by atoms with Gasteiger partial charge in [-0.05, 0) is 31.9 Å². The summed E-state index contributed by atoms with van der Waals surface area (Å²) in [5.41, 5.74) is 3.27. The molecule has 1 unspecified atom stereocenters. The van der Waals surface area contributed by atoms with Crippen molar-refractivity contribution in [3.8, 4) is 0 Å². The number of benzene rings is 1. The van der Waals surface area contributed by atoms with Crippen LogP contribution in [-0.2, 0) is 4.79 Å². The Morgan fingerprint density at radius 3 is 2.68 bits per heavy atom. The van der Waals surface area contributed by atoms with Gasteiger partial charge in [0, 0.05) is 11.3 Å². The molecule has 0 spiro atoms. The van der Waals surface area contributed by atoms with Crippen molar-refractivity contribution in [2.45, 2.75) is 46.1 Å². The van der Waals surface area contributed by atoms with Crippen LogP contribution in [0.2, 0.25) is 0 Å². The van der Waals surface area contributed by atoms with E-state index in [9.17, 15) is 9.18 Å². The lowest BCUT2D eigenvalue weighted by Crippen LogP contribution is -2.38. The second kappa shape index (κ2) is 7.09. The summed E-state index contributed by atoms with van der Waals surface area (Å²) in [6.07, 6.45) is 2.37. The molecule has 0 aromatic heterocycles. The van der Waals surface area contributed by atoms with Gasteiger partial charge < -0.3 is 5.32 Å². The largest absolute Gasteiger partial charge is 0.373 e. The Balaban J connectivity index is 2.90. The van der Waals surface area contributed by atoms with Crippen LogP contribution in [0.3, 0.4) is 0 Å². The Morgan fingerprint density at radius 2 is 2.11 bits per heavy atom. The molecule has 19 heavy (non-hydrogen) atoms. The number of hydrogen-bond donors (Lipinski definition) is 3. The van der Waals surface area contributed by atoms with E-state index >= 15 is 0 Å². The first kappa shape index (κ1) is 15.4. The summed E-state index contributed by atoms with van der Waals surface area (Å²) in [5, 5.41) is 11.7. The van der Waals surface area contributed by atoms with Gasteiger partial charge in [0.05, 0.1) is 0 Å². The Labute approximate surface area is 113 Å². The van der Waals surface area contributed by atoms with E-state index in [1.54, 1.807) is 31.5 Å². The maximum atomic E-state index is 13.8. The molecule has 0 aliphatic carbocycles. The highest BCUT2D eigenvalue weighted by molar-refractivity contribution is 5.83. The first-order valence-electron chi connectivity index (χ1n) is 6.47. The molecule has 0 saturated carbocycles. The molecular formula is C14H21FN2O2. The predicted molar refractivity (Wildman–Crippen MR) is 72.7 cm³/mol. The molecule has 0 aliphatic heterocycles. The van der Waals surface area contributed by atoms with Crippen LogP contribution in [0.15, 0.2) is 12.1 Å². The van der Waals surface area contributed by atoms with E-state index in [4.69, 9.17) is 5.21 Å². The van der Waals surface area contributed by atoms with Gasteiger partial charge in [0.1, 0.15) is 11.9 Å². The Hall–Kier alpha value is -1.62. The van der Waals surface area contributed by atoms with Crippen LogP contribution in [0.1, 0.15) is 37.3 Å². The minimum Gasteiger partial charge on any atom is -0.373 e. The number of halogens is 1. The average Bonchev–Trinajstić information content (AvgIpc) is 2.42. The zero-order valence-corrected chi connectivity index (χ0v) is 11.6. The van der Waals surface area contributed by atoms with Gasteiger partial charge in [-0.15, -0.1) is 0 Å². The lowest BCUT2D eigenvalue weighted by Gasteiger charge is -2.19. The fourth-order valence-corrected chi connectivity index (χ4v) is 1.92. The smallest absolute Gasteiger partial charge is 0.265 e. The van der Waals surface area contributed by atoms with Crippen LogP contribution < -0.4 is 10.8 Å². The van der Waals surface area contributed by atoms with Crippen molar-refractivity contribution in [1.29, 1.82) is 0 Å². The van der Waals surface area contributed by atoms with Gasteiger partial charge in [0.25, 0.3) is 5.91 Å². The summed E-state index contributed by atoms with van der Waals surface area (Å²) in [5.74, 6) is -0.780. The third kappa shape index (κ3) is 3.92. The van der Waals surface area contributed by atoms with Crippen LogP contribution in [0.5, 0.6) is 0 Å². The van der Waals surface area contributed by atoms with Gasteiger partial charge in [-0.3, -0.25) is 10.0 Å². The van der Waals surface area contributed by atoms with Gasteiger partial charge in [-0.1, -0.05) is 25.8 Å². The molecule has 4 nitrogen and oxygen atoms in total. The molecule has 1 atom stereocenters. The molecule has 3 N–H and O–H groups in total. The maximum absolute atomic E-state index is 13.8. The van der Waals surface area contributed by atoms with Gasteiger partial charge in [-0.2, -0.15) is 0 Å². The third-order valence-corrected chi connectivity index (χ3v) is 3.18. The number of carbonyl (C=O) groups is 1. The van der Waals surface area contributed by atoms with E-state index in [1.807, 2.05) is 6.92 Å². The molecule has 0 saturated heterocycles. The first-order chi connectivity index (χ1) is 9.01. The fourth-order valence-electron chi connectivity index (χ4n) is 1.92. The molecule has 0 heterocycles. The fraction of sp³-hybridized carbons (Fsp3) is 0.500. The van der Waals surface area contributed by atoms with Gasteiger partial charge in [0.2, 0.25) is 0 Å². The van der Waals surface area contributed by atoms with Crippen LogP contribution in [0.4, 0.5) is 10.1 Å². The monoisotopic (exact) mass is 268 g/mol. The summed E-state index contributed by atoms with van der Waals surface area (Å²) in [6.45, 7) is 5.38. The van der Waals surface area contributed by atoms with Crippen molar-refractivity contribution >= 4 is 11.6 Å². The lowest BCUT2D eigenvalue weighted by atomic mass is 10.1. The van der Waals surface area contributed by atoms with Crippen LogP contribution in [0, 0.1) is 19.7 Å². The predicted octanol–water partition coefficient (Wildman–Crippen LogP) is 2.92. The number of rotatable bonds is 6. The molecule has 0 radical (unpaired) electrons. The topological polar surface area (TPSA) is 61.4 Å². The minimum atomic E-state index is -0.564. The van der Waals surface area contributed by atoms with E-state index in [2.05, 4.69) is 5.32 Å². The lowest BCUT2D eigenvalue weighted by molar-refractivity contribution is -0.130. The van der Waals surface area contributed by atoms with Crippen molar-refractivity contribution < 1.29 is 14.4 Å². The number of unbranched alkanes of at least 4 members (excludes halogenated alkanes) is 1. The zero-order valence-electron chi connectivity index (χ0n) is 11.6. The molecule has 0 aliphatic rings. The quantitative estimate of drug-likeness (QED) is 0.549. The number of aryl methyl sites for hydroxylation is 1. The van der Waals surface area contributed by atoms with Crippen molar-refractivity contribution in [1.82, 2.24) is 5.48 Å². The van der Waals surface area contributed by atoms with Gasteiger partial charge >= 0.3 is 0 Å². The van der Waals surface area contributed by atoms with E-state index < -0.39 is 11.9 Å². The highest BCUT2D eigenvalue weighted by Crippen LogP contribution is 2.22. The van der Waals surface area contributed by atoms with Gasteiger partial charge in [0.15, 0.2) is 0 Å². The Morgan fingerprint density at radius 1 is 1.42 bits per heavy atom.